The lowest BCUT2D eigenvalue weighted by Gasteiger charge is -2.28. The Labute approximate surface area is 121 Å². The van der Waals surface area contributed by atoms with Crippen molar-refractivity contribution in [3.8, 4) is 0 Å². The van der Waals surface area contributed by atoms with E-state index in [9.17, 15) is 4.79 Å². The highest BCUT2D eigenvalue weighted by Gasteiger charge is 2.23. The monoisotopic (exact) mass is 269 g/mol. The molecule has 1 saturated heterocycles. The smallest absolute Gasteiger partial charge is 0.189 e. The zero-order chi connectivity index (χ0) is 13.9. The first kappa shape index (κ1) is 13.6. The summed E-state index contributed by atoms with van der Waals surface area (Å²) in [5.41, 5.74) is 3.13. The lowest BCUT2D eigenvalue weighted by atomic mass is 9.92. The highest BCUT2D eigenvalue weighted by molar-refractivity contribution is 6.13. The summed E-state index contributed by atoms with van der Waals surface area (Å²) in [4.78, 5) is 14.7. The molecule has 0 N–H and O–H groups in total. The van der Waals surface area contributed by atoms with Gasteiger partial charge >= 0.3 is 0 Å². The number of allylic oxidation sites excluding steroid dienone is 2. The Bertz CT molecular complexity index is 524. The van der Waals surface area contributed by atoms with Gasteiger partial charge in [0.15, 0.2) is 5.78 Å². The van der Waals surface area contributed by atoms with Gasteiger partial charge in [-0.15, -0.1) is 0 Å². The first-order valence-corrected chi connectivity index (χ1v) is 7.74. The molecule has 20 heavy (non-hydrogen) atoms. The van der Waals surface area contributed by atoms with Gasteiger partial charge in [0, 0.05) is 17.6 Å². The second kappa shape index (κ2) is 5.92. The average molecular weight is 269 g/mol. The molecule has 0 atom stereocenters. The molecule has 0 spiro atoms. The summed E-state index contributed by atoms with van der Waals surface area (Å²) in [7, 11) is 2.20. The van der Waals surface area contributed by atoms with Crippen LogP contribution in [0, 0.1) is 5.92 Å². The van der Waals surface area contributed by atoms with Crippen molar-refractivity contribution in [2.75, 3.05) is 20.1 Å². The number of piperidine rings is 1. The van der Waals surface area contributed by atoms with Crippen LogP contribution in [0.2, 0.25) is 0 Å². The lowest BCUT2D eigenvalue weighted by Crippen LogP contribution is -2.30. The summed E-state index contributed by atoms with van der Waals surface area (Å²) in [5.74, 6) is 1.10. The minimum absolute atomic E-state index is 0.254. The minimum atomic E-state index is 0.254. The highest BCUT2D eigenvalue weighted by atomic mass is 16.1. The van der Waals surface area contributed by atoms with Gasteiger partial charge in [0.1, 0.15) is 0 Å². The van der Waals surface area contributed by atoms with Gasteiger partial charge in [0.2, 0.25) is 0 Å². The average Bonchev–Trinajstić information content (AvgIpc) is 2.78. The van der Waals surface area contributed by atoms with E-state index in [-0.39, 0.29) is 5.78 Å². The number of carbonyl (C=O) groups excluding carboxylic acids is 1. The number of fused-ring (bicyclic) bond motifs is 1. The Balaban J connectivity index is 1.55. The van der Waals surface area contributed by atoms with Gasteiger partial charge in [0.25, 0.3) is 0 Å². The van der Waals surface area contributed by atoms with E-state index in [1.54, 1.807) is 0 Å². The van der Waals surface area contributed by atoms with Gasteiger partial charge < -0.3 is 4.90 Å². The zero-order valence-electron chi connectivity index (χ0n) is 12.3. The molecule has 2 heteroatoms. The van der Waals surface area contributed by atoms with Crippen LogP contribution in [0.5, 0.6) is 0 Å². The van der Waals surface area contributed by atoms with E-state index in [1.807, 2.05) is 18.2 Å². The molecule has 1 aliphatic carbocycles. The fourth-order valence-electron chi connectivity index (χ4n) is 3.36. The van der Waals surface area contributed by atoms with Crippen molar-refractivity contribution >= 4 is 5.78 Å². The quantitative estimate of drug-likeness (QED) is 0.783. The molecule has 3 rings (SSSR count). The van der Waals surface area contributed by atoms with Crippen molar-refractivity contribution in [1.82, 2.24) is 4.90 Å². The first-order chi connectivity index (χ1) is 9.74. The fourth-order valence-corrected chi connectivity index (χ4v) is 3.36. The molecule has 1 aliphatic heterocycles. The molecular weight excluding hydrogens is 246 g/mol. The number of Topliss-reactive ketones (excluding diaryl/α,β-unsaturated/α-hetero) is 1. The predicted molar refractivity (Wildman–Crippen MR) is 82.0 cm³/mol. The summed E-state index contributed by atoms with van der Waals surface area (Å²) >= 11 is 0. The number of hydrogen-bond acceptors (Lipinski definition) is 2. The first-order valence-electron chi connectivity index (χ1n) is 7.74. The van der Waals surface area contributed by atoms with E-state index in [0.717, 1.165) is 29.9 Å². The molecule has 2 aliphatic rings. The van der Waals surface area contributed by atoms with E-state index in [0.29, 0.717) is 0 Å². The third-order valence-corrected chi connectivity index (χ3v) is 4.74. The SMILES string of the molecule is CN1CCC(CC/C=C2\Cc3ccccc3C2=O)CC1. The number of rotatable bonds is 3. The molecule has 1 aromatic carbocycles. The van der Waals surface area contributed by atoms with E-state index < -0.39 is 0 Å². The molecule has 106 valence electrons. The van der Waals surface area contributed by atoms with Crippen molar-refractivity contribution in [3.63, 3.8) is 0 Å². The standard InChI is InChI=1S/C18H23NO/c1-19-11-9-14(10-12-19)5-4-7-16-13-15-6-2-3-8-17(15)18(16)20/h2-3,6-8,14H,4-5,9-13H2,1H3/b16-7+. The number of nitrogens with zero attached hydrogens (tertiary/aromatic N) is 1. The summed E-state index contributed by atoms with van der Waals surface area (Å²) in [6.07, 6.45) is 7.95. The molecule has 2 nitrogen and oxygen atoms in total. The molecule has 1 aromatic rings. The maximum atomic E-state index is 12.2. The summed E-state index contributed by atoms with van der Waals surface area (Å²) in [6, 6.07) is 8.01. The largest absolute Gasteiger partial charge is 0.306 e. The van der Waals surface area contributed by atoms with Crippen molar-refractivity contribution in [3.05, 3.63) is 47.0 Å². The number of hydrogen-bond donors (Lipinski definition) is 0. The van der Waals surface area contributed by atoms with E-state index >= 15 is 0 Å². The van der Waals surface area contributed by atoms with Gasteiger partial charge in [-0.3, -0.25) is 4.79 Å². The fraction of sp³-hybridized carbons (Fsp3) is 0.500. The molecular formula is C18H23NO. The number of carbonyl (C=O) groups is 1. The maximum Gasteiger partial charge on any atom is 0.189 e. The van der Waals surface area contributed by atoms with Crippen LogP contribution in [0.3, 0.4) is 0 Å². The van der Waals surface area contributed by atoms with E-state index in [4.69, 9.17) is 0 Å². The van der Waals surface area contributed by atoms with Crippen LogP contribution >= 0.6 is 0 Å². The summed E-state index contributed by atoms with van der Waals surface area (Å²) in [5, 5.41) is 0. The molecule has 0 radical (unpaired) electrons. The molecule has 0 amide bonds. The number of benzene rings is 1. The van der Waals surface area contributed by atoms with Crippen LogP contribution in [0.25, 0.3) is 0 Å². The van der Waals surface area contributed by atoms with Crippen molar-refractivity contribution in [2.45, 2.75) is 32.1 Å². The van der Waals surface area contributed by atoms with Crippen LogP contribution in [-0.2, 0) is 6.42 Å². The minimum Gasteiger partial charge on any atom is -0.306 e. The Morgan fingerprint density at radius 3 is 2.75 bits per heavy atom. The molecule has 1 heterocycles. The van der Waals surface area contributed by atoms with Gasteiger partial charge in [-0.1, -0.05) is 30.3 Å². The molecule has 0 aromatic heterocycles. The van der Waals surface area contributed by atoms with E-state index in [1.165, 1.54) is 37.9 Å². The summed E-state index contributed by atoms with van der Waals surface area (Å²) < 4.78 is 0. The van der Waals surface area contributed by atoms with Crippen molar-refractivity contribution < 1.29 is 4.79 Å². The molecule has 0 bridgehead atoms. The van der Waals surface area contributed by atoms with Gasteiger partial charge in [-0.25, -0.2) is 0 Å². The lowest BCUT2D eigenvalue weighted by molar-refractivity contribution is 0.103. The Hall–Kier alpha value is -1.41. The second-order valence-corrected chi connectivity index (χ2v) is 6.22. The third-order valence-electron chi connectivity index (χ3n) is 4.74. The normalized spacial score (nSPS) is 22.4. The van der Waals surface area contributed by atoms with Gasteiger partial charge in [0.05, 0.1) is 0 Å². The van der Waals surface area contributed by atoms with Gasteiger partial charge in [-0.05, 0) is 57.3 Å². The van der Waals surface area contributed by atoms with Crippen molar-refractivity contribution in [1.29, 1.82) is 0 Å². The van der Waals surface area contributed by atoms with Crippen LogP contribution in [0.1, 0.15) is 41.6 Å². The Morgan fingerprint density at radius 1 is 1.25 bits per heavy atom. The van der Waals surface area contributed by atoms with Crippen molar-refractivity contribution in [2.24, 2.45) is 5.92 Å². The Kier molecular flexibility index (Phi) is 4.02. The second-order valence-electron chi connectivity index (χ2n) is 6.22. The van der Waals surface area contributed by atoms with Crippen LogP contribution < -0.4 is 0 Å². The van der Waals surface area contributed by atoms with Gasteiger partial charge in [-0.2, -0.15) is 0 Å². The molecule has 1 fully saturated rings. The van der Waals surface area contributed by atoms with E-state index in [2.05, 4.69) is 24.1 Å². The number of ketones is 1. The predicted octanol–water partition coefficient (Wildman–Crippen LogP) is 3.47. The molecule has 0 saturated carbocycles. The molecule has 0 unspecified atom stereocenters. The highest BCUT2D eigenvalue weighted by Crippen LogP contribution is 2.27. The Morgan fingerprint density at radius 2 is 2.00 bits per heavy atom. The third kappa shape index (κ3) is 2.85. The van der Waals surface area contributed by atoms with Crippen LogP contribution in [0.15, 0.2) is 35.9 Å². The topological polar surface area (TPSA) is 20.3 Å². The van der Waals surface area contributed by atoms with Crippen LogP contribution in [-0.4, -0.2) is 30.8 Å². The number of likely N-dealkylation sites (tertiary alicyclic amines) is 1. The maximum absolute atomic E-state index is 12.2. The summed E-state index contributed by atoms with van der Waals surface area (Å²) in [6.45, 7) is 2.46. The van der Waals surface area contributed by atoms with Crippen LogP contribution in [0.4, 0.5) is 0 Å². The zero-order valence-corrected chi connectivity index (χ0v) is 12.3.